The zero-order valence-electron chi connectivity index (χ0n) is 13.5. The van der Waals surface area contributed by atoms with E-state index in [2.05, 4.69) is 15.4 Å². The maximum Gasteiger partial charge on any atom is 0.241 e. The van der Waals surface area contributed by atoms with Gasteiger partial charge in [0.2, 0.25) is 15.9 Å². The van der Waals surface area contributed by atoms with E-state index in [0.717, 1.165) is 37.1 Å². The Morgan fingerprint density at radius 1 is 1.29 bits per heavy atom. The van der Waals surface area contributed by atoms with Crippen LogP contribution in [-0.2, 0) is 32.8 Å². The van der Waals surface area contributed by atoms with Gasteiger partial charge in [0.15, 0.2) is 0 Å². The lowest BCUT2D eigenvalue weighted by Gasteiger charge is -2.22. The standard InChI is InChI=1S/C16H23N3O4S/c20-16(18-8-12-2-1-5-17-7-12)9-19-24(21,22)15-4-3-13-10-23-11-14(13)6-15/h3-4,6,12,17,19H,1-2,5,7-11H2,(H,18,20). The Bertz CT molecular complexity index is 699. The first kappa shape index (κ1) is 17.3. The van der Waals surface area contributed by atoms with Crippen LogP contribution >= 0.6 is 0 Å². The molecule has 3 rings (SSSR count). The topological polar surface area (TPSA) is 96.5 Å². The van der Waals surface area contributed by atoms with E-state index in [0.29, 0.717) is 25.7 Å². The van der Waals surface area contributed by atoms with Crippen LogP contribution in [0.3, 0.4) is 0 Å². The average Bonchev–Trinajstić information content (AvgIpc) is 3.07. The molecule has 0 spiro atoms. The van der Waals surface area contributed by atoms with Gasteiger partial charge in [-0.15, -0.1) is 0 Å². The molecule has 0 bridgehead atoms. The van der Waals surface area contributed by atoms with Crippen LogP contribution in [0, 0.1) is 5.92 Å². The molecule has 1 unspecified atom stereocenters. The first-order valence-corrected chi connectivity index (χ1v) is 9.69. The van der Waals surface area contributed by atoms with Crippen molar-refractivity contribution in [3.63, 3.8) is 0 Å². The number of fused-ring (bicyclic) bond motifs is 1. The summed E-state index contributed by atoms with van der Waals surface area (Å²) < 4.78 is 32.2. The first-order chi connectivity index (χ1) is 11.5. The molecule has 0 aromatic heterocycles. The van der Waals surface area contributed by atoms with E-state index in [9.17, 15) is 13.2 Å². The van der Waals surface area contributed by atoms with Crippen LogP contribution in [0.15, 0.2) is 23.1 Å². The molecule has 7 nitrogen and oxygen atoms in total. The van der Waals surface area contributed by atoms with Crippen LogP contribution in [0.1, 0.15) is 24.0 Å². The largest absolute Gasteiger partial charge is 0.372 e. The number of sulfonamides is 1. The number of hydrogen-bond donors (Lipinski definition) is 3. The first-order valence-electron chi connectivity index (χ1n) is 8.21. The van der Waals surface area contributed by atoms with Crippen LogP contribution in [0.4, 0.5) is 0 Å². The number of rotatable bonds is 6. The van der Waals surface area contributed by atoms with Gasteiger partial charge in [-0.05, 0) is 55.1 Å². The van der Waals surface area contributed by atoms with Crippen molar-refractivity contribution >= 4 is 15.9 Å². The molecule has 8 heteroatoms. The highest BCUT2D eigenvalue weighted by atomic mass is 32.2. The fourth-order valence-electron chi connectivity index (χ4n) is 2.98. The number of piperidine rings is 1. The average molecular weight is 353 g/mol. The second-order valence-corrected chi connectivity index (χ2v) is 8.03. The third-order valence-corrected chi connectivity index (χ3v) is 5.81. The van der Waals surface area contributed by atoms with E-state index < -0.39 is 10.0 Å². The van der Waals surface area contributed by atoms with Gasteiger partial charge in [-0.25, -0.2) is 13.1 Å². The predicted octanol–water partition coefficient (Wildman–Crippen LogP) is 0.111. The maximum absolute atomic E-state index is 12.3. The minimum Gasteiger partial charge on any atom is -0.372 e. The normalized spacial score (nSPS) is 20.6. The summed E-state index contributed by atoms with van der Waals surface area (Å²) >= 11 is 0. The summed E-state index contributed by atoms with van der Waals surface area (Å²) in [5.74, 6) is 0.102. The monoisotopic (exact) mass is 353 g/mol. The molecule has 24 heavy (non-hydrogen) atoms. The number of nitrogens with one attached hydrogen (secondary N) is 3. The lowest BCUT2D eigenvalue weighted by atomic mass is 10.00. The summed E-state index contributed by atoms with van der Waals surface area (Å²) in [5, 5.41) is 6.08. The number of amides is 1. The second kappa shape index (κ2) is 7.60. The van der Waals surface area contributed by atoms with Crippen LogP contribution in [0.2, 0.25) is 0 Å². The van der Waals surface area contributed by atoms with Crippen molar-refractivity contribution in [3.8, 4) is 0 Å². The Balaban J connectivity index is 1.50. The predicted molar refractivity (Wildman–Crippen MR) is 88.7 cm³/mol. The van der Waals surface area contributed by atoms with Gasteiger partial charge in [0.1, 0.15) is 0 Å². The van der Waals surface area contributed by atoms with Gasteiger partial charge in [-0.3, -0.25) is 4.79 Å². The van der Waals surface area contributed by atoms with E-state index >= 15 is 0 Å². The van der Waals surface area contributed by atoms with E-state index in [1.54, 1.807) is 18.2 Å². The highest BCUT2D eigenvalue weighted by Crippen LogP contribution is 2.22. The van der Waals surface area contributed by atoms with Gasteiger partial charge >= 0.3 is 0 Å². The molecule has 3 N–H and O–H groups in total. The summed E-state index contributed by atoms with van der Waals surface area (Å²) in [6.07, 6.45) is 2.19. The Labute approximate surface area is 142 Å². The summed E-state index contributed by atoms with van der Waals surface area (Å²) in [6.45, 7) is 3.18. The molecule has 132 valence electrons. The zero-order chi connectivity index (χ0) is 17.0. The number of hydrogen-bond acceptors (Lipinski definition) is 5. The molecule has 1 amide bonds. The Morgan fingerprint density at radius 2 is 2.12 bits per heavy atom. The molecule has 0 aliphatic carbocycles. The van der Waals surface area contributed by atoms with E-state index in [-0.39, 0.29) is 17.3 Å². The van der Waals surface area contributed by atoms with Crippen LogP contribution in [0.25, 0.3) is 0 Å². The quantitative estimate of drug-likeness (QED) is 0.675. The van der Waals surface area contributed by atoms with Gasteiger partial charge in [0, 0.05) is 6.54 Å². The van der Waals surface area contributed by atoms with Crippen molar-refractivity contribution < 1.29 is 17.9 Å². The molecule has 2 aliphatic heterocycles. The minimum absolute atomic E-state index is 0.163. The Hall–Kier alpha value is -1.48. The van der Waals surface area contributed by atoms with Crippen molar-refractivity contribution in [1.29, 1.82) is 0 Å². The summed E-state index contributed by atoms with van der Waals surface area (Å²) in [4.78, 5) is 12.0. The van der Waals surface area contributed by atoms with E-state index in [4.69, 9.17) is 4.74 Å². The Kier molecular flexibility index (Phi) is 5.50. The smallest absolute Gasteiger partial charge is 0.241 e. The van der Waals surface area contributed by atoms with Crippen LogP contribution in [-0.4, -0.2) is 40.5 Å². The lowest BCUT2D eigenvalue weighted by molar-refractivity contribution is -0.120. The number of ether oxygens (including phenoxy) is 1. The molecular weight excluding hydrogens is 330 g/mol. The van der Waals surface area contributed by atoms with Crippen molar-refractivity contribution in [2.24, 2.45) is 5.92 Å². The molecule has 0 saturated carbocycles. The van der Waals surface area contributed by atoms with Crippen molar-refractivity contribution in [2.75, 3.05) is 26.2 Å². The third kappa shape index (κ3) is 4.32. The molecular formula is C16H23N3O4S. The molecule has 2 heterocycles. The molecule has 0 radical (unpaired) electrons. The van der Waals surface area contributed by atoms with Gasteiger partial charge < -0.3 is 15.4 Å². The van der Waals surface area contributed by atoms with Gasteiger partial charge in [0.25, 0.3) is 0 Å². The Morgan fingerprint density at radius 3 is 2.92 bits per heavy atom. The highest BCUT2D eigenvalue weighted by Gasteiger charge is 2.20. The van der Waals surface area contributed by atoms with E-state index in [1.807, 2.05) is 0 Å². The number of carbonyl (C=O) groups excluding carboxylic acids is 1. The molecule has 1 aromatic rings. The maximum atomic E-state index is 12.3. The number of carbonyl (C=O) groups is 1. The van der Waals surface area contributed by atoms with E-state index in [1.165, 1.54) is 0 Å². The zero-order valence-corrected chi connectivity index (χ0v) is 14.3. The van der Waals surface area contributed by atoms with Crippen LogP contribution < -0.4 is 15.4 Å². The SMILES string of the molecule is O=C(CNS(=O)(=O)c1ccc2c(c1)COC2)NCC1CCCNC1. The van der Waals surface area contributed by atoms with Gasteiger partial charge in [-0.1, -0.05) is 6.07 Å². The molecule has 1 atom stereocenters. The van der Waals surface area contributed by atoms with Crippen molar-refractivity contribution in [3.05, 3.63) is 29.3 Å². The molecule has 1 fully saturated rings. The second-order valence-electron chi connectivity index (χ2n) is 6.26. The molecule has 1 aromatic carbocycles. The fraction of sp³-hybridized carbons (Fsp3) is 0.562. The number of benzene rings is 1. The summed E-state index contributed by atoms with van der Waals surface area (Å²) in [7, 11) is -3.70. The van der Waals surface area contributed by atoms with Crippen LogP contribution in [0.5, 0.6) is 0 Å². The third-order valence-electron chi connectivity index (χ3n) is 4.41. The summed E-state index contributed by atoms with van der Waals surface area (Å²) in [5.41, 5.74) is 1.89. The van der Waals surface area contributed by atoms with Crippen molar-refractivity contribution in [2.45, 2.75) is 31.0 Å². The van der Waals surface area contributed by atoms with Gasteiger partial charge in [0.05, 0.1) is 24.7 Å². The molecule has 2 aliphatic rings. The minimum atomic E-state index is -3.70. The van der Waals surface area contributed by atoms with Crippen molar-refractivity contribution in [1.82, 2.24) is 15.4 Å². The molecule has 1 saturated heterocycles. The fourth-order valence-corrected chi connectivity index (χ4v) is 4.01. The van der Waals surface area contributed by atoms with Gasteiger partial charge in [-0.2, -0.15) is 0 Å². The summed E-state index contributed by atoms with van der Waals surface area (Å²) in [6, 6.07) is 4.91. The lowest BCUT2D eigenvalue weighted by Crippen LogP contribution is -2.42. The highest BCUT2D eigenvalue weighted by molar-refractivity contribution is 7.89.